The number of aliphatic hydroxyl groups is 1. The molecule has 2 bridgehead atoms. The van der Waals surface area contributed by atoms with Crippen molar-refractivity contribution in [3.8, 4) is 5.75 Å². The van der Waals surface area contributed by atoms with Gasteiger partial charge in [-0.2, -0.15) is 0 Å². The summed E-state index contributed by atoms with van der Waals surface area (Å²) >= 11 is 0. The Morgan fingerprint density at radius 2 is 2.00 bits per heavy atom. The number of piperidine rings is 1. The summed E-state index contributed by atoms with van der Waals surface area (Å²) in [7, 11) is 3.69. The van der Waals surface area contributed by atoms with Gasteiger partial charge in [0.15, 0.2) is 0 Å². The standard InChI is InChI=1S/C22H29N3O2/c1-24-14-12-23-21(24)22(26)18-9-5-10-19(22)16-25(15-18)13-6-8-17-7-3-4-11-20(17)27-2/h3-4,6-8,11-12,14,18-19,26H,5,9-10,13,15-16H2,1-2H3/b8-6+/t18-,19+,22?. The molecule has 1 saturated heterocycles. The van der Waals surface area contributed by atoms with Crippen molar-refractivity contribution in [2.24, 2.45) is 18.9 Å². The first kappa shape index (κ1) is 18.3. The van der Waals surface area contributed by atoms with Crippen LogP contribution < -0.4 is 4.74 Å². The van der Waals surface area contributed by atoms with E-state index in [2.05, 4.69) is 28.1 Å². The van der Waals surface area contributed by atoms with E-state index in [9.17, 15) is 5.11 Å². The number of nitrogens with zero attached hydrogens (tertiary/aromatic N) is 3. The average Bonchev–Trinajstić information content (AvgIpc) is 3.09. The Kier molecular flexibility index (Phi) is 5.06. The molecule has 0 spiro atoms. The maximum atomic E-state index is 11.6. The Balaban J connectivity index is 1.48. The molecule has 27 heavy (non-hydrogen) atoms. The first-order chi connectivity index (χ1) is 13.1. The van der Waals surface area contributed by atoms with Crippen LogP contribution in [0.15, 0.2) is 42.7 Å². The summed E-state index contributed by atoms with van der Waals surface area (Å²) in [4.78, 5) is 6.98. The van der Waals surface area contributed by atoms with Crippen molar-refractivity contribution in [2.75, 3.05) is 26.7 Å². The number of likely N-dealkylation sites (tertiary alicyclic amines) is 1. The molecule has 2 aliphatic rings. The van der Waals surface area contributed by atoms with Crippen LogP contribution in [-0.2, 0) is 12.6 Å². The zero-order valence-corrected chi connectivity index (χ0v) is 16.2. The lowest BCUT2D eigenvalue weighted by molar-refractivity contribution is -0.151. The molecule has 1 aromatic heterocycles. The highest BCUT2D eigenvalue weighted by Crippen LogP contribution is 2.48. The van der Waals surface area contributed by atoms with Crippen LogP contribution in [0.4, 0.5) is 0 Å². The number of aryl methyl sites for hydroxylation is 1. The molecular weight excluding hydrogens is 338 g/mol. The lowest BCUT2D eigenvalue weighted by Gasteiger charge is -2.52. The predicted molar refractivity (Wildman–Crippen MR) is 106 cm³/mol. The molecule has 3 atom stereocenters. The Morgan fingerprint density at radius 3 is 2.67 bits per heavy atom. The molecule has 4 rings (SSSR count). The van der Waals surface area contributed by atoms with Crippen molar-refractivity contribution in [3.63, 3.8) is 0 Å². The Morgan fingerprint density at radius 1 is 1.26 bits per heavy atom. The van der Waals surface area contributed by atoms with E-state index in [0.29, 0.717) is 0 Å². The van der Waals surface area contributed by atoms with E-state index in [1.807, 2.05) is 36.0 Å². The van der Waals surface area contributed by atoms with Gasteiger partial charge in [0.05, 0.1) is 7.11 Å². The van der Waals surface area contributed by atoms with Crippen LogP contribution in [-0.4, -0.2) is 46.3 Å². The first-order valence-electron chi connectivity index (χ1n) is 9.85. The molecule has 1 saturated carbocycles. The van der Waals surface area contributed by atoms with Gasteiger partial charge in [-0.15, -0.1) is 0 Å². The summed E-state index contributed by atoms with van der Waals surface area (Å²) in [6, 6.07) is 8.07. The van der Waals surface area contributed by atoms with E-state index >= 15 is 0 Å². The molecule has 5 heteroatoms. The normalized spacial score (nSPS) is 28.6. The average molecular weight is 367 g/mol. The topological polar surface area (TPSA) is 50.5 Å². The molecule has 2 heterocycles. The van der Waals surface area contributed by atoms with E-state index in [1.165, 1.54) is 6.42 Å². The molecule has 2 aromatic rings. The van der Waals surface area contributed by atoms with Crippen molar-refractivity contribution in [2.45, 2.75) is 24.9 Å². The minimum Gasteiger partial charge on any atom is -0.496 e. The Labute approximate surface area is 161 Å². The maximum absolute atomic E-state index is 11.6. The molecule has 0 radical (unpaired) electrons. The number of benzene rings is 1. The number of methoxy groups -OCH3 is 1. The van der Waals surface area contributed by atoms with Gasteiger partial charge in [0.2, 0.25) is 0 Å². The predicted octanol–water partition coefficient (Wildman–Crippen LogP) is 3.06. The number of fused-ring (bicyclic) bond motifs is 2. The van der Waals surface area contributed by atoms with Gasteiger partial charge in [-0.3, -0.25) is 4.90 Å². The number of aromatic nitrogens is 2. The SMILES string of the molecule is COc1ccccc1/C=C/CN1C[C@H]2CCC[C@@H](C1)C2(O)c1nccn1C. The maximum Gasteiger partial charge on any atom is 0.141 e. The molecule has 1 aliphatic carbocycles. The number of imidazole rings is 1. The fourth-order valence-corrected chi connectivity index (χ4v) is 4.94. The molecule has 0 amide bonds. The van der Waals surface area contributed by atoms with Crippen molar-refractivity contribution in [1.82, 2.24) is 14.5 Å². The van der Waals surface area contributed by atoms with E-state index in [4.69, 9.17) is 4.74 Å². The molecule has 1 unspecified atom stereocenters. The van der Waals surface area contributed by atoms with Crippen LogP contribution in [0.2, 0.25) is 0 Å². The lowest BCUT2D eigenvalue weighted by Crippen LogP contribution is -2.59. The number of para-hydroxylation sites is 1. The number of hydrogen-bond donors (Lipinski definition) is 1. The molecule has 144 valence electrons. The Hall–Kier alpha value is -2.11. The summed E-state index contributed by atoms with van der Waals surface area (Å²) < 4.78 is 7.41. The summed E-state index contributed by atoms with van der Waals surface area (Å²) in [5.41, 5.74) is 0.307. The summed E-state index contributed by atoms with van der Waals surface area (Å²) in [5, 5.41) is 11.6. The largest absolute Gasteiger partial charge is 0.496 e. The third-order valence-corrected chi connectivity index (χ3v) is 6.29. The van der Waals surface area contributed by atoms with Crippen LogP contribution in [0.3, 0.4) is 0 Å². The van der Waals surface area contributed by atoms with E-state index in [1.54, 1.807) is 13.3 Å². The summed E-state index contributed by atoms with van der Waals surface area (Å²) in [6.07, 6.45) is 11.4. The van der Waals surface area contributed by atoms with E-state index in [-0.39, 0.29) is 11.8 Å². The smallest absolute Gasteiger partial charge is 0.141 e. The van der Waals surface area contributed by atoms with Crippen LogP contribution in [0.25, 0.3) is 6.08 Å². The number of rotatable bonds is 5. The van der Waals surface area contributed by atoms with Crippen LogP contribution in [0.5, 0.6) is 5.75 Å². The van der Waals surface area contributed by atoms with Crippen LogP contribution in [0.1, 0.15) is 30.7 Å². The molecule has 1 N–H and O–H groups in total. The minimum absolute atomic E-state index is 0.241. The third kappa shape index (κ3) is 3.30. The van der Waals surface area contributed by atoms with Gasteiger partial charge in [0, 0.05) is 56.5 Å². The lowest BCUT2D eigenvalue weighted by atomic mass is 9.65. The van der Waals surface area contributed by atoms with Gasteiger partial charge in [-0.25, -0.2) is 4.98 Å². The Bertz CT molecular complexity index is 799. The first-order valence-corrected chi connectivity index (χ1v) is 9.85. The van der Waals surface area contributed by atoms with Gasteiger partial charge >= 0.3 is 0 Å². The van der Waals surface area contributed by atoms with Gasteiger partial charge in [0.1, 0.15) is 17.2 Å². The second kappa shape index (κ2) is 7.49. The molecule has 5 nitrogen and oxygen atoms in total. The zero-order chi connectivity index (χ0) is 18.9. The summed E-state index contributed by atoms with van der Waals surface area (Å²) in [6.45, 7) is 2.72. The highest BCUT2D eigenvalue weighted by molar-refractivity contribution is 5.57. The van der Waals surface area contributed by atoms with Crippen molar-refractivity contribution in [3.05, 3.63) is 54.1 Å². The van der Waals surface area contributed by atoms with Crippen LogP contribution in [0, 0.1) is 11.8 Å². The van der Waals surface area contributed by atoms with Crippen molar-refractivity contribution < 1.29 is 9.84 Å². The van der Waals surface area contributed by atoms with Crippen molar-refractivity contribution >= 4 is 6.08 Å². The zero-order valence-electron chi connectivity index (χ0n) is 16.2. The third-order valence-electron chi connectivity index (χ3n) is 6.29. The second-order valence-corrected chi connectivity index (χ2v) is 7.87. The number of ether oxygens (including phenoxy) is 1. The quantitative estimate of drug-likeness (QED) is 0.882. The fraction of sp³-hybridized carbons (Fsp3) is 0.500. The highest BCUT2D eigenvalue weighted by atomic mass is 16.5. The van der Waals surface area contributed by atoms with Crippen LogP contribution >= 0.6 is 0 Å². The summed E-state index contributed by atoms with van der Waals surface area (Å²) in [5.74, 6) is 2.21. The molecule has 1 aliphatic heterocycles. The second-order valence-electron chi connectivity index (χ2n) is 7.87. The fourth-order valence-electron chi connectivity index (χ4n) is 4.94. The monoisotopic (exact) mass is 367 g/mol. The molecule has 1 aromatic carbocycles. The molecular formula is C22H29N3O2. The van der Waals surface area contributed by atoms with E-state index in [0.717, 1.165) is 49.6 Å². The minimum atomic E-state index is -0.792. The number of hydrogen-bond acceptors (Lipinski definition) is 4. The van der Waals surface area contributed by atoms with Gasteiger partial charge < -0.3 is 14.4 Å². The van der Waals surface area contributed by atoms with Gasteiger partial charge in [-0.1, -0.05) is 36.8 Å². The van der Waals surface area contributed by atoms with E-state index < -0.39 is 5.60 Å². The van der Waals surface area contributed by atoms with Gasteiger partial charge in [-0.05, 0) is 18.9 Å². The van der Waals surface area contributed by atoms with Gasteiger partial charge in [0.25, 0.3) is 0 Å². The molecule has 2 fully saturated rings. The highest BCUT2D eigenvalue weighted by Gasteiger charge is 2.53. The van der Waals surface area contributed by atoms with Crippen molar-refractivity contribution in [1.29, 1.82) is 0 Å².